The van der Waals surface area contributed by atoms with Gasteiger partial charge in [0, 0.05) is 30.4 Å². The van der Waals surface area contributed by atoms with Crippen LogP contribution in [0.15, 0.2) is 34.5 Å². The van der Waals surface area contributed by atoms with E-state index in [2.05, 4.69) is 5.32 Å². The van der Waals surface area contributed by atoms with Crippen molar-refractivity contribution in [1.82, 2.24) is 4.31 Å². The normalized spacial score (nSPS) is 17.7. The van der Waals surface area contributed by atoms with Crippen LogP contribution in [0.25, 0.3) is 0 Å². The molecule has 0 aliphatic carbocycles. The van der Waals surface area contributed by atoms with Crippen LogP contribution in [0.2, 0.25) is 4.34 Å². The van der Waals surface area contributed by atoms with Gasteiger partial charge in [0.25, 0.3) is 10.0 Å². The van der Waals surface area contributed by atoms with E-state index in [0.717, 1.165) is 11.3 Å². The monoisotopic (exact) mass is 430 g/mol. The van der Waals surface area contributed by atoms with Crippen LogP contribution in [0.4, 0.5) is 5.69 Å². The predicted molar refractivity (Wildman–Crippen MR) is 104 cm³/mol. The van der Waals surface area contributed by atoms with Gasteiger partial charge < -0.3 is 14.8 Å². The number of nitrogens with one attached hydrogen (secondary N) is 1. The highest BCUT2D eigenvalue weighted by Gasteiger charge is 2.40. The molecule has 27 heavy (non-hydrogen) atoms. The van der Waals surface area contributed by atoms with Crippen LogP contribution < -0.4 is 14.8 Å². The number of anilines is 1. The second kappa shape index (κ2) is 8.05. The number of halogens is 1. The van der Waals surface area contributed by atoms with Gasteiger partial charge in [0.05, 0.1) is 18.6 Å². The summed E-state index contributed by atoms with van der Waals surface area (Å²) in [5.74, 6) is 0.650. The number of nitrogens with zero attached hydrogens (tertiary/aromatic N) is 1. The van der Waals surface area contributed by atoms with Gasteiger partial charge in [-0.15, -0.1) is 11.3 Å². The summed E-state index contributed by atoms with van der Waals surface area (Å²) in [7, 11) is -0.749. The molecule has 1 aromatic heterocycles. The van der Waals surface area contributed by atoms with Crippen LogP contribution in [0, 0.1) is 0 Å². The van der Waals surface area contributed by atoms with Crippen molar-refractivity contribution < 1.29 is 22.7 Å². The van der Waals surface area contributed by atoms with E-state index in [0.29, 0.717) is 34.4 Å². The Morgan fingerprint density at radius 2 is 1.89 bits per heavy atom. The SMILES string of the molecule is COc1cc(NC(=O)C2CCCN2S(=O)(=O)c2ccc(Cl)s2)cc(OC)c1. The van der Waals surface area contributed by atoms with Crippen molar-refractivity contribution in [1.29, 1.82) is 0 Å². The summed E-state index contributed by atoms with van der Waals surface area (Å²) < 4.78 is 37.9. The zero-order chi connectivity index (χ0) is 19.6. The van der Waals surface area contributed by atoms with E-state index in [1.54, 1.807) is 18.2 Å². The molecule has 1 aliphatic rings. The van der Waals surface area contributed by atoms with Gasteiger partial charge in [0.15, 0.2) is 0 Å². The number of benzene rings is 1. The van der Waals surface area contributed by atoms with E-state index >= 15 is 0 Å². The molecule has 1 amide bonds. The molecule has 1 unspecified atom stereocenters. The molecular formula is C17H19ClN2O5S2. The molecule has 146 valence electrons. The van der Waals surface area contributed by atoms with Gasteiger partial charge >= 0.3 is 0 Å². The maximum Gasteiger partial charge on any atom is 0.253 e. The molecule has 0 radical (unpaired) electrons. The molecule has 1 fully saturated rings. The Balaban J connectivity index is 1.82. The number of amides is 1. The fourth-order valence-corrected chi connectivity index (χ4v) is 6.22. The van der Waals surface area contributed by atoms with Crippen LogP contribution in [0.5, 0.6) is 11.5 Å². The van der Waals surface area contributed by atoms with Gasteiger partial charge in [-0.1, -0.05) is 11.6 Å². The van der Waals surface area contributed by atoms with E-state index in [1.807, 2.05) is 0 Å². The molecule has 1 aliphatic heterocycles. The van der Waals surface area contributed by atoms with Crippen LogP contribution in [0.1, 0.15) is 12.8 Å². The molecule has 1 aromatic carbocycles. The molecule has 0 saturated carbocycles. The molecule has 7 nitrogen and oxygen atoms in total. The van der Waals surface area contributed by atoms with Crippen molar-refractivity contribution in [2.45, 2.75) is 23.1 Å². The van der Waals surface area contributed by atoms with E-state index < -0.39 is 22.0 Å². The molecule has 1 N–H and O–H groups in total. The Hall–Kier alpha value is -1.81. The lowest BCUT2D eigenvalue weighted by molar-refractivity contribution is -0.119. The largest absolute Gasteiger partial charge is 0.497 e. The summed E-state index contributed by atoms with van der Waals surface area (Å²) in [5.41, 5.74) is 0.472. The highest BCUT2D eigenvalue weighted by Crippen LogP contribution is 2.33. The highest BCUT2D eigenvalue weighted by atomic mass is 35.5. The summed E-state index contributed by atoms with van der Waals surface area (Å²) >= 11 is 6.85. The zero-order valence-corrected chi connectivity index (χ0v) is 17.2. The van der Waals surface area contributed by atoms with Gasteiger partial charge in [-0.3, -0.25) is 4.79 Å². The van der Waals surface area contributed by atoms with E-state index in [4.69, 9.17) is 21.1 Å². The average molecular weight is 431 g/mol. The predicted octanol–water partition coefficient (Wildman–Crippen LogP) is 3.21. The maximum atomic E-state index is 12.9. The van der Waals surface area contributed by atoms with Crippen LogP contribution >= 0.6 is 22.9 Å². The lowest BCUT2D eigenvalue weighted by atomic mass is 10.2. The highest BCUT2D eigenvalue weighted by molar-refractivity contribution is 7.91. The van der Waals surface area contributed by atoms with Crippen LogP contribution in [0.3, 0.4) is 0 Å². The molecule has 1 atom stereocenters. The van der Waals surface area contributed by atoms with Crippen molar-refractivity contribution in [3.63, 3.8) is 0 Å². The van der Waals surface area contributed by atoms with E-state index in [9.17, 15) is 13.2 Å². The molecule has 1 saturated heterocycles. The lowest BCUT2D eigenvalue weighted by Crippen LogP contribution is -2.42. The first-order chi connectivity index (χ1) is 12.8. The van der Waals surface area contributed by atoms with Crippen molar-refractivity contribution in [2.24, 2.45) is 0 Å². The first-order valence-corrected chi connectivity index (χ1v) is 10.8. The number of sulfonamides is 1. The number of rotatable bonds is 6. The first kappa shape index (κ1) is 19.9. The first-order valence-electron chi connectivity index (χ1n) is 8.16. The quantitative estimate of drug-likeness (QED) is 0.760. The number of ether oxygens (including phenoxy) is 2. The minimum Gasteiger partial charge on any atom is -0.497 e. The topological polar surface area (TPSA) is 84.9 Å². The van der Waals surface area contributed by atoms with Gasteiger partial charge in [0.2, 0.25) is 5.91 Å². The third-order valence-electron chi connectivity index (χ3n) is 4.24. The van der Waals surface area contributed by atoms with Crippen molar-refractivity contribution in [3.05, 3.63) is 34.7 Å². The smallest absolute Gasteiger partial charge is 0.253 e. The van der Waals surface area contributed by atoms with Gasteiger partial charge in [-0.05, 0) is 25.0 Å². The van der Waals surface area contributed by atoms with Gasteiger partial charge in [0.1, 0.15) is 21.8 Å². The van der Waals surface area contributed by atoms with Gasteiger partial charge in [-0.25, -0.2) is 8.42 Å². The third kappa shape index (κ3) is 4.21. The van der Waals surface area contributed by atoms with Crippen LogP contribution in [-0.2, 0) is 14.8 Å². The summed E-state index contributed by atoms with van der Waals surface area (Å²) in [5, 5.41) is 2.76. The summed E-state index contributed by atoms with van der Waals surface area (Å²) in [6.07, 6.45) is 1.06. The number of hydrogen-bond donors (Lipinski definition) is 1. The Bertz CT molecular complexity index is 922. The molecule has 2 aromatic rings. The third-order valence-corrected chi connectivity index (χ3v) is 7.84. The second-order valence-electron chi connectivity index (χ2n) is 5.92. The maximum absolute atomic E-state index is 12.9. The minimum atomic E-state index is -3.77. The van der Waals surface area contributed by atoms with Gasteiger partial charge in [-0.2, -0.15) is 4.31 Å². The van der Waals surface area contributed by atoms with Crippen LogP contribution in [-0.4, -0.2) is 45.4 Å². The number of methoxy groups -OCH3 is 2. The standard InChI is InChI=1S/C17H19ClN2O5S2/c1-24-12-8-11(9-13(10-12)25-2)19-17(21)14-4-3-7-20(14)27(22,23)16-6-5-15(18)26-16/h5-6,8-10,14H,3-4,7H2,1-2H3,(H,19,21). The zero-order valence-electron chi connectivity index (χ0n) is 14.8. The Morgan fingerprint density at radius 3 is 2.44 bits per heavy atom. The van der Waals surface area contributed by atoms with E-state index in [1.165, 1.54) is 30.7 Å². The molecule has 2 heterocycles. The summed E-state index contributed by atoms with van der Waals surface area (Å²) in [6, 6.07) is 7.19. The number of hydrogen-bond acceptors (Lipinski definition) is 6. The summed E-state index contributed by atoms with van der Waals surface area (Å²) in [6.45, 7) is 0.289. The average Bonchev–Trinajstić information content (AvgIpc) is 3.31. The fraction of sp³-hybridized carbons (Fsp3) is 0.353. The molecule has 3 rings (SSSR count). The molecule has 0 bridgehead atoms. The minimum absolute atomic E-state index is 0.134. The number of carbonyl (C=O) groups is 1. The second-order valence-corrected chi connectivity index (χ2v) is 9.76. The van der Waals surface area contributed by atoms with Crippen molar-refractivity contribution >= 4 is 44.6 Å². The Morgan fingerprint density at radius 1 is 1.22 bits per heavy atom. The molecule has 10 heteroatoms. The number of carbonyl (C=O) groups excluding carboxylic acids is 1. The fourth-order valence-electron chi connectivity index (χ4n) is 2.95. The van der Waals surface area contributed by atoms with E-state index in [-0.39, 0.29) is 10.8 Å². The number of thiophene rings is 1. The molecule has 0 spiro atoms. The Kier molecular flexibility index (Phi) is 5.95. The summed E-state index contributed by atoms with van der Waals surface area (Å²) in [4.78, 5) is 12.8. The van der Waals surface area contributed by atoms with Crippen molar-refractivity contribution in [2.75, 3.05) is 26.1 Å². The molecular weight excluding hydrogens is 412 g/mol. The van der Waals surface area contributed by atoms with Crippen molar-refractivity contribution in [3.8, 4) is 11.5 Å². The lowest BCUT2D eigenvalue weighted by Gasteiger charge is -2.22. The Labute approximate surface area is 166 Å².